The van der Waals surface area contributed by atoms with E-state index < -0.39 is 0 Å². The largest absolute Gasteiger partial charge is 0.381 e. The molecule has 0 radical (unpaired) electrons. The third-order valence-electron chi connectivity index (χ3n) is 5.24. The van der Waals surface area contributed by atoms with Crippen LogP contribution in [0.25, 0.3) is 0 Å². The lowest BCUT2D eigenvalue weighted by molar-refractivity contribution is -0.126. The van der Waals surface area contributed by atoms with Crippen LogP contribution < -0.4 is 5.32 Å². The average molecular weight is 355 g/mol. The molecule has 1 fully saturated rings. The SMILES string of the molecule is O=C(NCC1CCOCC1)[C@@H]1CN(Cc2cccnc2)Cc2cncn21. The highest BCUT2D eigenvalue weighted by Gasteiger charge is 2.30. The topological polar surface area (TPSA) is 72.3 Å². The maximum absolute atomic E-state index is 12.9. The Kier molecular flexibility index (Phi) is 5.26. The zero-order valence-electron chi connectivity index (χ0n) is 14.9. The summed E-state index contributed by atoms with van der Waals surface area (Å²) in [6.45, 7) is 4.58. The summed E-state index contributed by atoms with van der Waals surface area (Å²) in [5.41, 5.74) is 2.23. The van der Waals surface area contributed by atoms with E-state index in [1.165, 1.54) is 0 Å². The van der Waals surface area contributed by atoms with Gasteiger partial charge in [0.1, 0.15) is 6.04 Å². The van der Waals surface area contributed by atoms with E-state index in [1.54, 1.807) is 12.5 Å². The second-order valence-electron chi connectivity index (χ2n) is 7.14. The fourth-order valence-electron chi connectivity index (χ4n) is 3.75. The molecule has 0 aliphatic carbocycles. The van der Waals surface area contributed by atoms with E-state index in [9.17, 15) is 4.79 Å². The van der Waals surface area contributed by atoms with Crippen molar-refractivity contribution in [1.29, 1.82) is 0 Å². The van der Waals surface area contributed by atoms with Crippen molar-refractivity contribution >= 4 is 5.91 Å². The predicted octanol–water partition coefficient (Wildman–Crippen LogP) is 1.38. The summed E-state index contributed by atoms with van der Waals surface area (Å²) in [4.78, 5) is 23.6. The number of imidazole rings is 1. The molecule has 0 aromatic carbocycles. The molecule has 7 heteroatoms. The zero-order valence-corrected chi connectivity index (χ0v) is 14.9. The van der Waals surface area contributed by atoms with Gasteiger partial charge in [0.2, 0.25) is 5.91 Å². The molecule has 1 amide bonds. The Balaban J connectivity index is 1.41. The molecule has 2 aliphatic heterocycles. The first-order chi connectivity index (χ1) is 12.8. The van der Waals surface area contributed by atoms with Gasteiger partial charge in [-0.1, -0.05) is 6.07 Å². The molecule has 0 saturated carbocycles. The normalized spacial score (nSPS) is 21.3. The van der Waals surface area contributed by atoms with Crippen LogP contribution in [0, 0.1) is 5.92 Å². The molecule has 2 aromatic heterocycles. The van der Waals surface area contributed by atoms with E-state index in [2.05, 4.69) is 26.3 Å². The summed E-state index contributed by atoms with van der Waals surface area (Å²) >= 11 is 0. The minimum Gasteiger partial charge on any atom is -0.381 e. The van der Waals surface area contributed by atoms with Crippen molar-refractivity contribution in [1.82, 2.24) is 24.8 Å². The molecule has 1 saturated heterocycles. The summed E-state index contributed by atoms with van der Waals surface area (Å²) in [6.07, 6.45) is 9.33. The van der Waals surface area contributed by atoms with Crippen molar-refractivity contribution in [2.45, 2.75) is 32.0 Å². The van der Waals surface area contributed by atoms with Crippen molar-refractivity contribution in [3.05, 3.63) is 48.3 Å². The maximum atomic E-state index is 12.9. The number of hydrogen-bond acceptors (Lipinski definition) is 5. The number of fused-ring (bicyclic) bond motifs is 1. The highest BCUT2D eigenvalue weighted by Crippen LogP contribution is 2.23. The van der Waals surface area contributed by atoms with Crippen LogP contribution in [0.4, 0.5) is 0 Å². The molecule has 26 heavy (non-hydrogen) atoms. The van der Waals surface area contributed by atoms with E-state index in [0.29, 0.717) is 12.5 Å². The molecule has 138 valence electrons. The van der Waals surface area contributed by atoms with Gasteiger partial charge in [-0.2, -0.15) is 0 Å². The Bertz CT molecular complexity index is 727. The highest BCUT2D eigenvalue weighted by molar-refractivity contribution is 5.80. The number of nitrogens with one attached hydrogen (secondary N) is 1. The van der Waals surface area contributed by atoms with Gasteiger partial charge in [-0.3, -0.25) is 14.7 Å². The molecule has 1 atom stereocenters. The van der Waals surface area contributed by atoms with Gasteiger partial charge in [0.25, 0.3) is 0 Å². The third kappa shape index (κ3) is 3.94. The summed E-state index contributed by atoms with van der Waals surface area (Å²) in [6, 6.07) is 3.78. The minimum atomic E-state index is -0.238. The standard InChI is InChI=1S/C19H25N5O2/c25-19(22-9-15-3-6-26-7-4-15)18-13-23(11-16-2-1-5-20-8-16)12-17-10-21-14-24(17)18/h1-2,5,8,10,14-15,18H,3-4,6-7,9,11-13H2,(H,22,25)/t18-/m0/s1. The third-order valence-corrected chi connectivity index (χ3v) is 5.24. The number of carbonyl (C=O) groups excluding carboxylic acids is 1. The number of ether oxygens (including phenoxy) is 1. The summed E-state index contributed by atoms with van der Waals surface area (Å²) < 4.78 is 7.41. The number of nitrogens with zero attached hydrogens (tertiary/aromatic N) is 4. The van der Waals surface area contributed by atoms with Crippen LogP contribution in [-0.4, -0.2) is 51.6 Å². The second-order valence-corrected chi connectivity index (χ2v) is 7.14. The van der Waals surface area contributed by atoms with E-state index >= 15 is 0 Å². The van der Waals surface area contributed by atoms with Gasteiger partial charge in [0.05, 0.1) is 12.0 Å². The van der Waals surface area contributed by atoms with Crippen molar-refractivity contribution < 1.29 is 9.53 Å². The number of carbonyl (C=O) groups is 1. The van der Waals surface area contributed by atoms with E-state index in [-0.39, 0.29) is 11.9 Å². The molecule has 0 bridgehead atoms. The number of aromatic nitrogens is 3. The lowest BCUT2D eigenvalue weighted by atomic mass is 10.0. The first kappa shape index (κ1) is 17.2. The van der Waals surface area contributed by atoms with Crippen molar-refractivity contribution in [2.24, 2.45) is 5.92 Å². The van der Waals surface area contributed by atoms with Crippen molar-refractivity contribution in [3.63, 3.8) is 0 Å². The Morgan fingerprint density at radius 3 is 2.96 bits per heavy atom. The van der Waals surface area contributed by atoms with Crippen LogP contribution in [0.1, 0.15) is 30.1 Å². The summed E-state index contributed by atoms with van der Waals surface area (Å²) in [7, 11) is 0. The Hall–Kier alpha value is -2.25. The van der Waals surface area contributed by atoms with Gasteiger partial charge in [0, 0.05) is 58.0 Å². The van der Waals surface area contributed by atoms with Gasteiger partial charge in [0.15, 0.2) is 0 Å². The second kappa shape index (κ2) is 7.97. The molecule has 1 N–H and O–H groups in total. The zero-order chi connectivity index (χ0) is 17.8. The van der Waals surface area contributed by atoms with Crippen LogP contribution in [0.3, 0.4) is 0 Å². The Morgan fingerprint density at radius 1 is 1.27 bits per heavy atom. The molecule has 4 heterocycles. The lowest BCUT2D eigenvalue weighted by Crippen LogP contribution is -2.45. The molecule has 4 rings (SSSR count). The first-order valence-corrected chi connectivity index (χ1v) is 9.27. The molecular weight excluding hydrogens is 330 g/mol. The molecular formula is C19H25N5O2. The van der Waals surface area contributed by atoms with Crippen molar-refractivity contribution in [3.8, 4) is 0 Å². The van der Waals surface area contributed by atoms with Gasteiger partial charge in [-0.25, -0.2) is 4.98 Å². The number of pyridine rings is 1. The van der Waals surface area contributed by atoms with Gasteiger partial charge < -0.3 is 14.6 Å². The smallest absolute Gasteiger partial charge is 0.244 e. The number of rotatable bonds is 5. The maximum Gasteiger partial charge on any atom is 0.244 e. The summed E-state index contributed by atoms with van der Waals surface area (Å²) in [5, 5.41) is 3.16. The van der Waals surface area contributed by atoms with Gasteiger partial charge >= 0.3 is 0 Å². The van der Waals surface area contributed by atoms with Crippen LogP contribution in [0.15, 0.2) is 37.1 Å². The van der Waals surface area contributed by atoms with Crippen LogP contribution in [0.2, 0.25) is 0 Å². The van der Waals surface area contributed by atoms with Gasteiger partial charge in [-0.15, -0.1) is 0 Å². The fraction of sp³-hybridized carbons (Fsp3) is 0.526. The average Bonchev–Trinajstić information content (AvgIpc) is 3.15. The highest BCUT2D eigenvalue weighted by atomic mass is 16.5. The molecule has 7 nitrogen and oxygen atoms in total. The summed E-state index contributed by atoms with van der Waals surface area (Å²) in [5.74, 6) is 0.594. The molecule has 2 aromatic rings. The molecule has 2 aliphatic rings. The fourth-order valence-corrected chi connectivity index (χ4v) is 3.75. The number of amides is 1. The molecule has 0 unspecified atom stereocenters. The monoisotopic (exact) mass is 355 g/mol. The Morgan fingerprint density at radius 2 is 2.15 bits per heavy atom. The Labute approximate surface area is 153 Å². The van der Waals surface area contributed by atoms with Crippen LogP contribution >= 0.6 is 0 Å². The van der Waals surface area contributed by atoms with Crippen molar-refractivity contribution in [2.75, 3.05) is 26.3 Å². The molecule has 0 spiro atoms. The van der Waals surface area contributed by atoms with E-state index in [0.717, 1.165) is 56.9 Å². The van der Waals surface area contributed by atoms with E-state index in [1.807, 2.05) is 23.0 Å². The number of hydrogen-bond donors (Lipinski definition) is 1. The van der Waals surface area contributed by atoms with Gasteiger partial charge in [-0.05, 0) is 30.4 Å². The van der Waals surface area contributed by atoms with E-state index in [4.69, 9.17) is 4.74 Å². The van der Waals surface area contributed by atoms with Crippen LogP contribution in [0.5, 0.6) is 0 Å². The lowest BCUT2D eigenvalue weighted by Gasteiger charge is -2.34. The first-order valence-electron chi connectivity index (χ1n) is 9.27. The quantitative estimate of drug-likeness (QED) is 0.877. The van der Waals surface area contributed by atoms with Crippen LogP contribution in [-0.2, 0) is 22.6 Å². The minimum absolute atomic E-state index is 0.0756. The predicted molar refractivity (Wildman–Crippen MR) is 96.2 cm³/mol.